The van der Waals surface area contributed by atoms with Crippen molar-refractivity contribution in [2.75, 3.05) is 37.6 Å². The third kappa shape index (κ3) is 4.56. The first-order chi connectivity index (χ1) is 14.2. The van der Waals surface area contributed by atoms with Crippen LogP contribution < -0.4 is 10.2 Å². The Hall–Kier alpha value is -3.35. The molecule has 150 valence electrons. The van der Waals surface area contributed by atoms with E-state index in [0.29, 0.717) is 44.8 Å². The first-order valence-corrected chi connectivity index (χ1v) is 9.82. The maximum absolute atomic E-state index is 13.9. The zero-order valence-corrected chi connectivity index (χ0v) is 16.2. The number of nitrogens with one attached hydrogen (secondary N) is 1. The summed E-state index contributed by atoms with van der Waals surface area (Å²) in [7, 11) is 0. The summed E-state index contributed by atoms with van der Waals surface area (Å²) in [6, 6.07) is 16.6. The van der Waals surface area contributed by atoms with Gasteiger partial charge >= 0.3 is 6.03 Å². The van der Waals surface area contributed by atoms with Crippen LogP contribution in [0.2, 0.25) is 0 Å². The summed E-state index contributed by atoms with van der Waals surface area (Å²) in [5, 5.41) is 7.35. The summed E-state index contributed by atoms with van der Waals surface area (Å²) in [6.07, 6.45) is 4.52. The van der Waals surface area contributed by atoms with E-state index in [9.17, 15) is 9.18 Å². The van der Waals surface area contributed by atoms with Crippen molar-refractivity contribution in [3.8, 4) is 5.69 Å². The number of hydrogen-bond donors (Lipinski definition) is 1. The van der Waals surface area contributed by atoms with Gasteiger partial charge in [-0.15, -0.1) is 0 Å². The normalized spacial score (nSPS) is 14.1. The molecule has 7 heteroatoms. The van der Waals surface area contributed by atoms with Gasteiger partial charge in [-0.25, -0.2) is 13.9 Å². The second-order valence-corrected chi connectivity index (χ2v) is 7.04. The number of para-hydroxylation sites is 2. The molecule has 1 aliphatic heterocycles. The number of nitrogens with zero attached hydrogens (tertiary/aromatic N) is 4. The highest BCUT2D eigenvalue weighted by Gasteiger charge is 2.22. The van der Waals surface area contributed by atoms with Crippen LogP contribution >= 0.6 is 0 Å². The number of rotatable bonds is 5. The predicted molar refractivity (Wildman–Crippen MR) is 111 cm³/mol. The summed E-state index contributed by atoms with van der Waals surface area (Å²) in [5.74, 6) is -0.221. The number of carbonyl (C=O) groups is 1. The lowest BCUT2D eigenvalue weighted by atomic mass is 10.2. The summed E-state index contributed by atoms with van der Waals surface area (Å²) in [5.41, 5.74) is 2.68. The lowest BCUT2D eigenvalue weighted by Gasteiger charge is -2.36. The second-order valence-electron chi connectivity index (χ2n) is 7.04. The Kier molecular flexibility index (Phi) is 5.74. The molecule has 1 aromatic heterocycles. The Bertz CT molecular complexity index is 951. The van der Waals surface area contributed by atoms with Gasteiger partial charge in [0.25, 0.3) is 0 Å². The minimum Gasteiger partial charge on any atom is -0.366 e. The Morgan fingerprint density at radius 1 is 1.00 bits per heavy atom. The highest BCUT2D eigenvalue weighted by Crippen LogP contribution is 2.20. The molecule has 0 atom stereocenters. The van der Waals surface area contributed by atoms with Crippen molar-refractivity contribution in [1.82, 2.24) is 20.0 Å². The van der Waals surface area contributed by atoms with E-state index in [0.717, 1.165) is 11.3 Å². The molecule has 0 bridgehead atoms. The number of urea groups is 1. The molecule has 29 heavy (non-hydrogen) atoms. The van der Waals surface area contributed by atoms with Gasteiger partial charge in [-0.05, 0) is 36.2 Å². The molecular weight excluding hydrogens is 369 g/mol. The highest BCUT2D eigenvalue weighted by molar-refractivity contribution is 5.74. The fourth-order valence-electron chi connectivity index (χ4n) is 3.50. The number of hydrogen-bond acceptors (Lipinski definition) is 3. The third-order valence-corrected chi connectivity index (χ3v) is 5.11. The fraction of sp³-hybridized carbons (Fsp3) is 0.273. The topological polar surface area (TPSA) is 53.4 Å². The number of benzene rings is 2. The van der Waals surface area contributed by atoms with Crippen LogP contribution in [0.1, 0.15) is 5.56 Å². The molecular formula is C22H24FN5O. The summed E-state index contributed by atoms with van der Waals surface area (Å²) < 4.78 is 15.8. The lowest BCUT2D eigenvalue weighted by molar-refractivity contribution is 0.194. The molecule has 3 aromatic rings. The molecule has 1 saturated heterocycles. The Balaban J connectivity index is 1.23. The van der Waals surface area contributed by atoms with Crippen LogP contribution in [0.15, 0.2) is 67.0 Å². The van der Waals surface area contributed by atoms with Crippen LogP contribution in [0, 0.1) is 5.82 Å². The van der Waals surface area contributed by atoms with Gasteiger partial charge in [-0.1, -0.05) is 30.3 Å². The molecule has 4 rings (SSSR count). The average molecular weight is 393 g/mol. The molecule has 2 aromatic carbocycles. The highest BCUT2D eigenvalue weighted by atomic mass is 19.1. The monoisotopic (exact) mass is 393 g/mol. The van der Waals surface area contributed by atoms with Gasteiger partial charge in [0.15, 0.2) is 0 Å². The van der Waals surface area contributed by atoms with Crippen molar-refractivity contribution in [2.45, 2.75) is 6.42 Å². The van der Waals surface area contributed by atoms with Crippen LogP contribution in [0.3, 0.4) is 0 Å². The van der Waals surface area contributed by atoms with Crippen molar-refractivity contribution in [3.63, 3.8) is 0 Å². The van der Waals surface area contributed by atoms with Crippen molar-refractivity contribution in [3.05, 3.63) is 78.4 Å². The maximum atomic E-state index is 13.9. The fourth-order valence-corrected chi connectivity index (χ4v) is 3.50. The van der Waals surface area contributed by atoms with E-state index in [1.54, 1.807) is 17.0 Å². The van der Waals surface area contributed by atoms with Crippen molar-refractivity contribution in [2.24, 2.45) is 0 Å². The predicted octanol–water partition coefficient (Wildman–Crippen LogP) is 3.09. The maximum Gasteiger partial charge on any atom is 0.317 e. The van der Waals surface area contributed by atoms with Gasteiger partial charge in [0.2, 0.25) is 0 Å². The Morgan fingerprint density at radius 2 is 1.72 bits per heavy atom. The minimum atomic E-state index is -0.221. The molecule has 2 amide bonds. The zero-order chi connectivity index (χ0) is 20.1. The molecule has 6 nitrogen and oxygen atoms in total. The van der Waals surface area contributed by atoms with Gasteiger partial charge in [-0.3, -0.25) is 0 Å². The summed E-state index contributed by atoms with van der Waals surface area (Å²) in [6.45, 7) is 2.95. The number of anilines is 1. The van der Waals surface area contributed by atoms with Gasteiger partial charge in [0.1, 0.15) is 5.82 Å². The van der Waals surface area contributed by atoms with Crippen LogP contribution in [0.4, 0.5) is 14.9 Å². The molecule has 0 radical (unpaired) electrons. The third-order valence-electron chi connectivity index (χ3n) is 5.11. The van der Waals surface area contributed by atoms with E-state index in [1.165, 1.54) is 6.07 Å². The molecule has 1 fully saturated rings. The number of aromatic nitrogens is 2. The van der Waals surface area contributed by atoms with E-state index in [2.05, 4.69) is 10.4 Å². The van der Waals surface area contributed by atoms with Gasteiger partial charge < -0.3 is 15.1 Å². The average Bonchev–Trinajstić information content (AvgIpc) is 3.24. The molecule has 1 N–H and O–H groups in total. The second kappa shape index (κ2) is 8.77. The smallest absolute Gasteiger partial charge is 0.317 e. The number of halogens is 1. The molecule has 0 spiro atoms. The largest absolute Gasteiger partial charge is 0.366 e. The van der Waals surface area contributed by atoms with Crippen LogP contribution in [-0.2, 0) is 6.42 Å². The van der Waals surface area contributed by atoms with Crippen LogP contribution in [-0.4, -0.2) is 53.4 Å². The molecule has 0 saturated carbocycles. The summed E-state index contributed by atoms with van der Waals surface area (Å²) >= 11 is 0. The number of piperazine rings is 1. The molecule has 0 unspecified atom stereocenters. The van der Waals surface area contributed by atoms with Crippen molar-refractivity contribution < 1.29 is 9.18 Å². The van der Waals surface area contributed by atoms with E-state index < -0.39 is 0 Å². The van der Waals surface area contributed by atoms with Crippen LogP contribution in [0.5, 0.6) is 0 Å². The van der Waals surface area contributed by atoms with E-state index in [4.69, 9.17) is 0 Å². The van der Waals surface area contributed by atoms with Gasteiger partial charge in [-0.2, -0.15) is 5.10 Å². The number of amides is 2. The molecule has 1 aliphatic rings. The van der Waals surface area contributed by atoms with Crippen molar-refractivity contribution >= 4 is 11.7 Å². The van der Waals surface area contributed by atoms with E-state index >= 15 is 0 Å². The van der Waals surface area contributed by atoms with Gasteiger partial charge in [0, 0.05) is 38.9 Å². The number of carbonyl (C=O) groups excluding carboxylic acids is 1. The first kappa shape index (κ1) is 19.0. The standard InChI is InChI=1S/C22H24FN5O/c23-20-8-4-5-9-21(20)26-12-14-27(15-13-26)22(29)24-11-10-18-16-25-28(17-18)19-6-2-1-3-7-19/h1-9,16-17H,10-15H2,(H,24,29). The Labute approximate surface area is 169 Å². The van der Waals surface area contributed by atoms with E-state index in [-0.39, 0.29) is 11.8 Å². The van der Waals surface area contributed by atoms with Gasteiger partial charge in [0.05, 0.1) is 17.6 Å². The molecule has 0 aliphatic carbocycles. The Morgan fingerprint density at radius 3 is 2.48 bits per heavy atom. The van der Waals surface area contributed by atoms with Crippen LogP contribution in [0.25, 0.3) is 5.69 Å². The first-order valence-electron chi connectivity index (χ1n) is 9.82. The zero-order valence-electron chi connectivity index (χ0n) is 16.2. The summed E-state index contributed by atoms with van der Waals surface area (Å²) in [4.78, 5) is 16.2. The quantitative estimate of drug-likeness (QED) is 0.725. The lowest BCUT2D eigenvalue weighted by Crippen LogP contribution is -2.52. The SMILES string of the molecule is O=C(NCCc1cnn(-c2ccccc2)c1)N1CCN(c2ccccc2F)CC1. The minimum absolute atomic E-state index is 0.0753. The molecule has 2 heterocycles. The van der Waals surface area contributed by atoms with E-state index in [1.807, 2.05) is 58.4 Å². The van der Waals surface area contributed by atoms with Crippen molar-refractivity contribution in [1.29, 1.82) is 0 Å².